The van der Waals surface area contributed by atoms with Crippen LogP contribution in [0.25, 0.3) is 0 Å². The Morgan fingerprint density at radius 1 is 1.30 bits per heavy atom. The highest BCUT2D eigenvalue weighted by molar-refractivity contribution is 5.76. The first kappa shape index (κ1) is 5.83. The Morgan fingerprint density at radius 2 is 2.20 bits per heavy atom. The largest absolute Gasteiger partial charge is 0.296 e. The molecule has 2 aliphatic heterocycles. The second-order valence-corrected chi connectivity index (χ2v) is 2.70. The van der Waals surface area contributed by atoms with Gasteiger partial charge in [-0.2, -0.15) is 0 Å². The fourth-order valence-electron chi connectivity index (χ4n) is 1.37. The smallest absolute Gasteiger partial charge is 0.0472 e. The van der Waals surface area contributed by atoms with Crippen LogP contribution in [-0.4, -0.2) is 25.5 Å². The van der Waals surface area contributed by atoms with Crippen LogP contribution in [-0.2, 0) is 0 Å². The maximum absolute atomic E-state index is 4.22. The Balaban J connectivity index is 2.23. The molecule has 0 bridgehead atoms. The number of rotatable bonds is 0. The van der Waals surface area contributed by atoms with Gasteiger partial charge in [-0.3, -0.25) is 9.98 Å². The van der Waals surface area contributed by atoms with Crippen LogP contribution in [0, 0.1) is 5.92 Å². The molecule has 0 amide bonds. The summed E-state index contributed by atoms with van der Waals surface area (Å²) in [7, 11) is 0. The van der Waals surface area contributed by atoms with Gasteiger partial charge >= 0.3 is 0 Å². The van der Waals surface area contributed by atoms with Crippen molar-refractivity contribution in [3.63, 3.8) is 0 Å². The van der Waals surface area contributed by atoms with E-state index in [9.17, 15) is 0 Å². The van der Waals surface area contributed by atoms with Gasteiger partial charge in [0, 0.05) is 37.9 Å². The molecule has 0 aliphatic carbocycles. The van der Waals surface area contributed by atoms with Crippen LogP contribution in [0.4, 0.5) is 0 Å². The molecule has 0 radical (unpaired) electrons. The van der Waals surface area contributed by atoms with E-state index in [1.54, 1.807) is 0 Å². The van der Waals surface area contributed by atoms with E-state index < -0.39 is 0 Å². The van der Waals surface area contributed by atoms with Gasteiger partial charge in [0.15, 0.2) is 0 Å². The van der Waals surface area contributed by atoms with Crippen LogP contribution in [0.1, 0.15) is 6.42 Å². The molecule has 2 heterocycles. The summed E-state index contributed by atoms with van der Waals surface area (Å²) < 4.78 is 0. The quantitative estimate of drug-likeness (QED) is 0.473. The van der Waals surface area contributed by atoms with Gasteiger partial charge in [0.25, 0.3) is 0 Å². The standard InChI is InChI=1S/C8H10N2/c1-3-9-5-8-6-10-4-2-7(1)8/h1,3-4,8H,2,5-6H2. The molecule has 0 saturated carbocycles. The van der Waals surface area contributed by atoms with Crippen molar-refractivity contribution in [1.29, 1.82) is 0 Å². The van der Waals surface area contributed by atoms with E-state index in [1.165, 1.54) is 5.57 Å². The van der Waals surface area contributed by atoms with Gasteiger partial charge in [-0.25, -0.2) is 0 Å². The Hall–Kier alpha value is -0.920. The van der Waals surface area contributed by atoms with Crippen LogP contribution < -0.4 is 0 Å². The van der Waals surface area contributed by atoms with Gasteiger partial charge in [0.1, 0.15) is 0 Å². The molecule has 0 spiro atoms. The van der Waals surface area contributed by atoms with Crippen LogP contribution >= 0.6 is 0 Å². The molecule has 0 aromatic carbocycles. The summed E-state index contributed by atoms with van der Waals surface area (Å²) in [4.78, 5) is 8.41. The molecule has 0 aromatic rings. The highest BCUT2D eigenvalue weighted by Crippen LogP contribution is 2.20. The molecular weight excluding hydrogens is 124 g/mol. The normalized spacial score (nSPS) is 29.6. The number of aliphatic imine (C=N–C) groups is 2. The van der Waals surface area contributed by atoms with Crippen molar-refractivity contribution in [3.05, 3.63) is 11.6 Å². The zero-order chi connectivity index (χ0) is 6.81. The molecule has 0 saturated heterocycles. The third-order valence-electron chi connectivity index (χ3n) is 2.03. The van der Waals surface area contributed by atoms with E-state index >= 15 is 0 Å². The van der Waals surface area contributed by atoms with Crippen molar-refractivity contribution in [2.45, 2.75) is 6.42 Å². The first-order valence-corrected chi connectivity index (χ1v) is 3.64. The van der Waals surface area contributed by atoms with Crippen molar-refractivity contribution >= 4 is 12.4 Å². The lowest BCUT2D eigenvalue weighted by atomic mass is 9.93. The zero-order valence-electron chi connectivity index (χ0n) is 5.83. The Kier molecular flexibility index (Phi) is 1.38. The Labute approximate surface area is 60.4 Å². The monoisotopic (exact) mass is 134 g/mol. The molecule has 0 N–H and O–H groups in total. The summed E-state index contributed by atoms with van der Waals surface area (Å²) in [6.45, 7) is 1.90. The molecule has 0 aromatic heterocycles. The maximum Gasteiger partial charge on any atom is 0.0472 e. The van der Waals surface area contributed by atoms with Gasteiger partial charge in [-0.1, -0.05) is 5.57 Å². The van der Waals surface area contributed by atoms with Gasteiger partial charge in [0.05, 0.1) is 0 Å². The van der Waals surface area contributed by atoms with Crippen molar-refractivity contribution in [3.8, 4) is 0 Å². The molecule has 0 fully saturated rings. The van der Waals surface area contributed by atoms with Crippen molar-refractivity contribution in [2.24, 2.45) is 15.9 Å². The Morgan fingerprint density at radius 3 is 3.10 bits per heavy atom. The molecule has 1 unspecified atom stereocenters. The van der Waals surface area contributed by atoms with Gasteiger partial charge < -0.3 is 0 Å². The minimum atomic E-state index is 0.620. The molecule has 2 aliphatic rings. The van der Waals surface area contributed by atoms with E-state index in [0.717, 1.165) is 19.5 Å². The molecular formula is C8H10N2. The van der Waals surface area contributed by atoms with E-state index in [-0.39, 0.29) is 0 Å². The molecule has 2 rings (SSSR count). The van der Waals surface area contributed by atoms with Crippen LogP contribution in [0.5, 0.6) is 0 Å². The van der Waals surface area contributed by atoms with E-state index in [4.69, 9.17) is 0 Å². The number of nitrogens with zero attached hydrogens (tertiary/aromatic N) is 2. The predicted molar refractivity (Wildman–Crippen MR) is 42.9 cm³/mol. The summed E-state index contributed by atoms with van der Waals surface area (Å²) in [5.41, 5.74) is 1.50. The van der Waals surface area contributed by atoms with Crippen molar-refractivity contribution in [1.82, 2.24) is 0 Å². The third kappa shape index (κ3) is 0.897. The topological polar surface area (TPSA) is 24.7 Å². The minimum Gasteiger partial charge on any atom is -0.296 e. The number of hydrogen-bond acceptors (Lipinski definition) is 2. The van der Waals surface area contributed by atoms with Crippen LogP contribution in [0.15, 0.2) is 21.6 Å². The molecule has 1 atom stereocenters. The van der Waals surface area contributed by atoms with Crippen molar-refractivity contribution in [2.75, 3.05) is 13.1 Å². The summed E-state index contributed by atoms with van der Waals surface area (Å²) in [6.07, 6.45) is 7.07. The minimum absolute atomic E-state index is 0.620. The van der Waals surface area contributed by atoms with E-state index in [2.05, 4.69) is 16.1 Å². The molecule has 52 valence electrons. The number of allylic oxidation sites excluding steroid dienone is 1. The zero-order valence-corrected chi connectivity index (χ0v) is 5.83. The van der Waals surface area contributed by atoms with E-state index in [1.807, 2.05) is 12.4 Å². The summed E-state index contributed by atoms with van der Waals surface area (Å²) in [6, 6.07) is 0. The first-order valence-electron chi connectivity index (χ1n) is 3.64. The lowest BCUT2D eigenvalue weighted by Crippen LogP contribution is -2.19. The summed E-state index contributed by atoms with van der Waals surface area (Å²) in [5.74, 6) is 0.620. The predicted octanol–water partition coefficient (Wildman–Crippen LogP) is 1.09. The highest BCUT2D eigenvalue weighted by Gasteiger charge is 2.16. The lowest BCUT2D eigenvalue weighted by molar-refractivity contribution is 0.614. The van der Waals surface area contributed by atoms with Crippen LogP contribution in [0.2, 0.25) is 0 Å². The van der Waals surface area contributed by atoms with Crippen LogP contribution in [0.3, 0.4) is 0 Å². The van der Waals surface area contributed by atoms with Gasteiger partial charge in [-0.15, -0.1) is 0 Å². The fraction of sp³-hybridized carbons (Fsp3) is 0.500. The first-order chi connectivity index (χ1) is 4.97. The fourth-order valence-corrected chi connectivity index (χ4v) is 1.37. The van der Waals surface area contributed by atoms with E-state index in [0.29, 0.717) is 5.92 Å². The maximum atomic E-state index is 4.22. The second-order valence-electron chi connectivity index (χ2n) is 2.70. The number of dihydropyridines is 1. The lowest BCUT2D eigenvalue weighted by Gasteiger charge is -2.20. The van der Waals surface area contributed by atoms with Crippen molar-refractivity contribution < 1.29 is 0 Å². The average Bonchev–Trinajstić information content (AvgIpc) is 2.05. The molecule has 2 nitrogen and oxygen atoms in total. The average molecular weight is 134 g/mol. The molecule has 10 heavy (non-hydrogen) atoms. The summed E-state index contributed by atoms with van der Waals surface area (Å²) >= 11 is 0. The second kappa shape index (κ2) is 2.37. The van der Waals surface area contributed by atoms with Gasteiger partial charge in [0.2, 0.25) is 0 Å². The molecule has 2 heteroatoms. The summed E-state index contributed by atoms with van der Waals surface area (Å²) in [5, 5.41) is 0. The number of fused-ring (bicyclic) bond motifs is 1. The SMILES string of the molecule is C1=NCC2CN=CCC2=C1. The third-order valence-corrected chi connectivity index (χ3v) is 2.03. The highest BCUT2D eigenvalue weighted by atomic mass is 14.8. The number of hydrogen-bond donors (Lipinski definition) is 0. The van der Waals surface area contributed by atoms with Gasteiger partial charge in [-0.05, 0) is 6.08 Å². The Bertz CT molecular complexity index is 213.